The Morgan fingerprint density at radius 2 is 1.78 bits per heavy atom. The first kappa shape index (κ1) is 16.6. The molecule has 0 bridgehead atoms. The van der Waals surface area contributed by atoms with Gasteiger partial charge in [-0.3, -0.25) is 9.59 Å². The van der Waals surface area contributed by atoms with Crippen molar-refractivity contribution in [3.05, 3.63) is 66.0 Å². The molecule has 120 valence electrons. The van der Waals surface area contributed by atoms with Crippen LogP contribution in [0.15, 0.2) is 54.6 Å². The van der Waals surface area contributed by atoms with Gasteiger partial charge in [0.2, 0.25) is 0 Å². The summed E-state index contributed by atoms with van der Waals surface area (Å²) < 4.78 is 13.1. The average Bonchev–Trinajstić information content (AvgIpc) is 2.55. The SMILES string of the molecule is O=C(Nc1cccc(F)c1)C(=O)NC(CCO)c1ccccc1. The van der Waals surface area contributed by atoms with E-state index in [-0.39, 0.29) is 18.7 Å². The molecule has 0 radical (unpaired) electrons. The Morgan fingerprint density at radius 3 is 2.43 bits per heavy atom. The van der Waals surface area contributed by atoms with Crippen molar-refractivity contribution in [2.75, 3.05) is 11.9 Å². The summed E-state index contributed by atoms with van der Waals surface area (Å²) in [7, 11) is 0. The van der Waals surface area contributed by atoms with Gasteiger partial charge in [-0.25, -0.2) is 4.39 Å². The van der Waals surface area contributed by atoms with Crippen LogP contribution in [0.4, 0.5) is 10.1 Å². The van der Waals surface area contributed by atoms with Gasteiger partial charge in [0, 0.05) is 12.3 Å². The van der Waals surface area contributed by atoms with Gasteiger partial charge in [-0.1, -0.05) is 36.4 Å². The van der Waals surface area contributed by atoms with Gasteiger partial charge in [-0.15, -0.1) is 0 Å². The molecule has 5 nitrogen and oxygen atoms in total. The maximum atomic E-state index is 13.1. The van der Waals surface area contributed by atoms with Gasteiger partial charge in [0.05, 0.1) is 6.04 Å². The number of aliphatic hydroxyl groups is 1. The zero-order chi connectivity index (χ0) is 16.7. The number of rotatable bonds is 5. The van der Waals surface area contributed by atoms with Crippen LogP contribution < -0.4 is 10.6 Å². The maximum Gasteiger partial charge on any atom is 0.313 e. The van der Waals surface area contributed by atoms with Crippen molar-refractivity contribution in [3.63, 3.8) is 0 Å². The summed E-state index contributed by atoms with van der Waals surface area (Å²) in [4.78, 5) is 23.9. The van der Waals surface area contributed by atoms with E-state index in [0.717, 1.165) is 11.6 Å². The molecule has 0 aliphatic heterocycles. The van der Waals surface area contributed by atoms with E-state index >= 15 is 0 Å². The Bertz CT molecular complexity index is 677. The molecule has 23 heavy (non-hydrogen) atoms. The average molecular weight is 316 g/mol. The number of carbonyl (C=O) groups is 2. The minimum Gasteiger partial charge on any atom is -0.396 e. The van der Waals surface area contributed by atoms with E-state index in [0.29, 0.717) is 0 Å². The summed E-state index contributed by atoms with van der Waals surface area (Å²) in [5.74, 6) is -2.25. The number of hydrogen-bond acceptors (Lipinski definition) is 3. The zero-order valence-corrected chi connectivity index (χ0v) is 12.3. The van der Waals surface area contributed by atoms with Gasteiger partial charge < -0.3 is 15.7 Å². The van der Waals surface area contributed by atoms with E-state index in [1.807, 2.05) is 6.07 Å². The van der Waals surface area contributed by atoms with Crippen molar-refractivity contribution >= 4 is 17.5 Å². The monoisotopic (exact) mass is 316 g/mol. The minimum absolute atomic E-state index is 0.134. The second-order valence-corrected chi connectivity index (χ2v) is 4.91. The fraction of sp³-hybridized carbons (Fsp3) is 0.176. The van der Waals surface area contributed by atoms with Gasteiger partial charge in [-0.2, -0.15) is 0 Å². The number of benzene rings is 2. The van der Waals surface area contributed by atoms with Crippen molar-refractivity contribution in [2.24, 2.45) is 0 Å². The van der Waals surface area contributed by atoms with Gasteiger partial charge >= 0.3 is 11.8 Å². The lowest BCUT2D eigenvalue weighted by Gasteiger charge is -2.18. The molecule has 0 heterocycles. The summed E-state index contributed by atoms with van der Waals surface area (Å²) in [5.41, 5.74) is 0.983. The third kappa shape index (κ3) is 4.89. The van der Waals surface area contributed by atoms with Crippen LogP contribution in [0.5, 0.6) is 0 Å². The van der Waals surface area contributed by atoms with Gasteiger partial charge in [0.25, 0.3) is 0 Å². The van der Waals surface area contributed by atoms with Crippen LogP contribution in [-0.2, 0) is 9.59 Å². The molecule has 0 aromatic heterocycles. The van der Waals surface area contributed by atoms with E-state index < -0.39 is 23.7 Å². The van der Waals surface area contributed by atoms with E-state index in [2.05, 4.69) is 10.6 Å². The lowest BCUT2D eigenvalue weighted by Crippen LogP contribution is -2.38. The molecule has 1 atom stereocenters. The van der Waals surface area contributed by atoms with E-state index in [1.165, 1.54) is 18.2 Å². The molecule has 0 saturated heterocycles. The molecule has 0 spiro atoms. The third-order valence-corrected chi connectivity index (χ3v) is 3.21. The predicted molar refractivity (Wildman–Crippen MR) is 84.1 cm³/mol. The normalized spacial score (nSPS) is 11.6. The van der Waals surface area contributed by atoms with Crippen molar-refractivity contribution in [1.29, 1.82) is 0 Å². The topological polar surface area (TPSA) is 78.4 Å². The summed E-state index contributed by atoms with van der Waals surface area (Å²) in [6.45, 7) is -0.134. The van der Waals surface area contributed by atoms with E-state index in [1.54, 1.807) is 24.3 Å². The van der Waals surface area contributed by atoms with Gasteiger partial charge in [-0.05, 0) is 30.2 Å². The Morgan fingerprint density at radius 1 is 1.04 bits per heavy atom. The lowest BCUT2D eigenvalue weighted by atomic mass is 10.0. The number of halogens is 1. The molecule has 0 aliphatic rings. The van der Waals surface area contributed by atoms with Crippen LogP contribution in [0.3, 0.4) is 0 Å². The molecular formula is C17H17FN2O3. The first-order valence-electron chi connectivity index (χ1n) is 7.13. The molecular weight excluding hydrogens is 299 g/mol. The molecule has 0 aliphatic carbocycles. The predicted octanol–water partition coefficient (Wildman–Crippen LogP) is 2.00. The second-order valence-electron chi connectivity index (χ2n) is 4.91. The number of aliphatic hydroxyl groups excluding tert-OH is 1. The minimum atomic E-state index is -0.894. The summed E-state index contributed by atoms with van der Waals surface area (Å²) in [5, 5.41) is 14.0. The molecule has 2 aromatic rings. The number of hydrogen-bond donors (Lipinski definition) is 3. The Balaban J connectivity index is 2.02. The summed E-state index contributed by atoms with van der Waals surface area (Å²) in [6.07, 6.45) is 0.281. The fourth-order valence-corrected chi connectivity index (χ4v) is 2.11. The van der Waals surface area contributed by atoms with Crippen LogP contribution in [0, 0.1) is 5.82 Å². The Kier molecular flexibility index (Phi) is 5.82. The van der Waals surface area contributed by atoms with E-state index in [9.17, 15) is 14.0 Å². The Labute approximate surface area is 133 Å². The van der Waals surface area contributed by atoms with Crippen molar-refractivity contribution in [1.82, 2.24) is 5.32 Å². The largest absolute Gasteiger partial charge is 0.396 e. The fourth-order valence-electron chi connectivity index (χ4n) is 2.11. The number of anilines is 1. The number of amides is 2. The molecule has 2 aromatic carbocycles. The number of nitrogens with one attached hydrogen (secondary N) is 2. The second kappa shape index (κ2) is 8.05. The van der Waals surface area contributed by atoms with Crippen molar-refractivity contribution in [2.45, 2.75) is 12.5 Å². The first-order chi connectivity index (χ1) is 11.1. The van der Waals surface area contributed by atoms with Crippen LogP contribution in [0.1, 0.15) is 18.0 Å². The van der Waals surface area contributed by atoms with Crippen LogP contribution in [-0.4, -0.2) is 23.5 Å². The molecule has 2 rings (SSSR count). The lowest BCUT2D eigenvalue weighted by molar-refractivity contribution is -0.136. The highest BCUT2D eigenvalue weighted by atomic mass is 19.1. The standard InChI is InChI=1S/C17H17FN2O3/c18-13-7-4-8-14(11-13)19-16(22)17(23)20-15(9-10-21)12-5-2-1-3-6-12/h1-8,11,15,21H,9-10H2,(H,19,22)(H,20,23). The number of carbonyl (C=O) groups excluding carboxylic acids is 2. The van der Waals surface area contributed by atoms with Crippen LogP contribution >= 0.6 is 0 Å². The third-order valence-electron chi connectivity index (χ3n) is 3.21. The van der Waals surface area contributed by atoms with Crippen molar-refractivity contribution in [3.8, 4) is 0 Å². The van der Waals surface area contributed by atoms with Crippen LogP contribution in [0.2, 0.25) is 0 Å². The molecule has 3 N–H and O–H groups in total. The highest BCUT2D eigenvalue weighted by Gasteiger charge is 2.19. The van der Waals surface area contributed by atoms with Crippen LogP contribution in [0.25, 0.3) is 0 Å². The smallest absolute Gasteiger partial charge is 0.313 e. The summed E-state index contributed by atoms with van der Waals surface area (Å²) >= 11 is 0. The molecule has 2 amide bonds. The molecule has 0 saturated carbocycles. The molecule has 6 heteroatoms. The highest BCUT2D eigenvalue weighted by molar-refractivity contribution is 6.39. The highest BCUT2D eigenvalue weighted by Crippen LogP contribution is 2.16. The molecule has 0 fully saturated rings. The van der Waals surface area contributed by atoms with E-state index in [4.69, 9.17) is 5.11 Å². The van der Waals surface area contributed by atoms with Gasteiger partial charge in [0.15, 0.2) is 0 Å². The first-order valence-corrected chi connectivity index (χ1v) is 7.13. The van der Waals surface area contributed by atoms with Gasteiger partial charge in [0.1, 0.15) is 5.82 Å². The van der Waals surface area contributed by atoms with Crippen molar-refractivity contribution < 1.29 is 19.1 Å². The quantitative estimate of drug-likeness (QED) is 0.738. The molecule has 1 unspecified atom stereocenters. The summed E-state index contributed by atoms with van der Waals surface area (Å²) in [6, 6.07) is 13.8. The maximum absolute atomic E-state index is 13.1. The Hall–Kier alpha value is -2.73. The zero-order valence-electron chi connectivity index (χ0n) is 12.3.